The van der Waals surface area contributed by atoms with E-state index in [-0.39, 0.29) is 51.0 Å². The van der Waals surface area contributed by atoms with Crippen molar-refractivity contribution in [1.82, 2.24) is 0 Å². The van der Waals surface area contributed by atoms with Crippen molar-refractivity contribution in [3.05, 3.63) is 46.6 Å². The summed E-state index contributed by atoms with van der Waals surface area (Å²) in [6.45, 7) is 8.94. The molecule has 2 aliphatic rings. The second-order valence-corrected chi connectivity index (χ2v) is 6.18. The van der Waals surface area contributed by atoms with Crippen molar-refractivity contribution in [3.63, 3.8) is 0 Å². The Morgan fingerprint density at radius 1 is 0.640 bits per heavy atom. The van der Waals surface area contributed by atoms with E-state index in [2.05, 4.69) is 52.0 Å². The Morgan fingerprint density at radius 3 is 1.24 bits per heavy atom. The number of rotatable bonds is 8. The maximum Gasteiger partial charge on any atom is 2.00 e. The number of hydrogen-bond donors (Lipinski definition) is 0. The van der Waals surface area contributed by atoms with Crippen LogP contribution >= 0.6 is 24.8 Å². The van der Waals surface area contributed by atoms with Crippen LogP contribution in [0.2, 0.25) is 0 Å². The van der Waals surface area contributed by atoms with Crippen LogP contribution in [0.5, 0.6) is 0 Å². The number of allylic oxidation sites excluding steroid dienone is 8. The van der Waals surface area contributed by atoms with Gasteiger partial charge in [-0.05, 0) is 0 Å². The van der Waals surface area contributed by atoms with Crippen molar-refractivity contribution >= 4 is 24.8 Å². The van der Waals surface area contributed by atoms with Gasteiger partial charge in [0.05, 0.1) is 0 Å². The summed E-state index contributed by atoms with van der Waals surface area (Å²) in [7, 11) is 0. The third-order valence-corrected chi connectivity index (χ3v) is 4.14. The van der Waals surface area contributed by atoms with Gasteiger partial charge in [-0.2, -0.15) is 23.3 Å². The van der Waals surface area contributed by atoms with Crippen LogP contribution in [0.1, 0.15) is 91.9 Å². The number of hydrogen-bond acceptors (Lipinski definition) is 0. The minimum atomic E-state index is 0. The van der Waals surface area contributed by atoms with Crippen LogP contribution in [0.3, 0.4) is 0 Å². The molecule has 0 saturated carbocycles. The third-order valence-electron chi connectivity index (χ3n) is 4.14. The molecule has 0 fully saturated rings. The van der Waals surface area contributed by atoms with Crippen molar-refractivity contribution in [2.75, 3.05) is 0 Å². The van der Waals surface area contributed by atoms with E-state index in [1.54, 1.807) is 11.1 Å². The van der Waals surface area contributed by atoms with Crippen molar-refractivity contribution in [1.29, 1.82) is 0 Å². The van der Waals surface area contributed by atoms with Gasteiger partial charge in [-0.1, -0.05) is 79.1 Å². The molecule has 0 radical (unpaired) electrons. The van der Waals surface area contributed by atoms with E-state index in [1.165, 1.54) is 62.5 Å². The first-order valence-corrected chi connectivity index (χ1v) is 9.34. The second kappa shape index (κ2) is 19.2. The van der Waals surface area contributed by atoms with Gasteiger partial charge in [-0.25, -0.2) is 11.1 Å². The van der Waals surface area contributed by atoms with Gasteiger partial charge >= 0.3 is 26.2 Å². The van der Waals surface area contributed by atoms with E-state index in [0.717, 1.165) is 12.8 Å². The molecule has 2 rings (SSSR count). The van der Waals surface area contributed by atoms with Gasteiger partial charge in [0.1, 0.15) is 0 Å². The van der Waals surface area contributed by atoms with Gasteiger partial charge in [0, 0.05) is 0 Å². The first kappa shape index (κ1) is 30.2. The Hall–Kier alpha value is 0.423. The summed E-state index contributed by atoms with van der Waals surface area (Å²) >= 11 is 0. The zero-order valence-corrected chi connectivity index (χ0v) is 20.6. The van der Waals surface area contributed by atoms with Crippen molar-refractivity contribution < 1.29 is 26.2 Å². The molecule has 0 aromatic heterocycles. The van der Waals surface area contributed by atoms with Crippen molar-refractivity contribution in [3.8, 4) is 0 Å². The quantitative estimate of drug-likeness (QED) is 0.319. The Morgan fingerprint density at radius 2 is 0.960 bits per heavy atom. The molecule has 0 bridgehead atoms. The minimum Gasteiger partial charge on any atom is -0.269 e. The molecule has 3 heteroatoms. The van der Waals surface area contributed by atoms with Crippen LogP contribution in [0.15, 0.2) is 34.4 Å². The molecule has 0 atom stereocenters. The normalized spacial score (nSPS) is 14.6. The Labute approximate surface area is 188 Å². The van der Waals surface area contributed by atoms with Crippen LogP contribution in [-0.4, -0.2) is 0 Å². The van der Waals surface area contributed by atoms with Crippen LogP contribution < -0.4 is 0 Å². The predicted molar refractivity (Wildman–Crippen MR) is 113 cm³/mol. The zero-order valence-electron chi connectivity index (χ0n) is 16.5. The fourth-order valence-corrected chi connectivity index (χ4v) is 3.11. The topological polar surface area (TPSA) is 0 Å². The van der Waals surface area contributed by atoms with E-state index < -0.39 is 0 Å². The summed E-state index contributed by atoms with van der Waals surface area (Å²) in [6, 6.07) is 0. The van der Waals surface area contributed by atoms with Crippen LogP contribution in [-0.2, 0) is 26.2 Å². The maximum atomic E-state index is 3.42. The van der Waals surface area contributed by atoms with Crippen molar-refractivity contribution in [2.24, 2.45) is 0 Å². The Balaban J connectivity index is -0.000000346. The summed E-state index contributed by atoms with van der Waals surface area (Å²) in [5.41, 5.74) is 6.12. The zero-order chi connectivity index (χ0) is 16.2. The van der Waals surface area contributed by atoms with E-state index in [1.807, 2.05) is 0 Å². The molecular formula is C22H36Cl2Zr. The van der Waals surface area contributed by atoms with E-state index in [0.29, 0.717) is 0 Å². The second-order valence-electron chi connectivity index (χ2n) is 6.18. The summed E-state index contributed by atoms with van der Waals surface area (Å²) < 4.78 is 0. The van der Waals surface area contributed by atoms with Gasteiger partial charge in [-0.15, -0.1) is 37.7 Å². The van der Waals surface area contributed by atoms with E-state index in [9.17, 15) is 0 Å². The SMILES string of the molecule is CCCC1=[C-]CC=C1CCC.CCCC1=[C-]CC=C1CCC.Cl.Cl.[Zr+2]. The largest absolute Gasteiger partial charge is 2.00 e. The summed E-state index contributed by atoms with van der Waals surface area (Å²) in [4.78, 5) is 0. The summed E-state index contributed by atoms with van der Waals surface area (Å²) in [6.07, 6.45) is 23.6. The van der Waals surface area contributed by atoms with Gasteiger partial charge in [-0.3, -0.25) is 12.2 Å². The molecule has 0 N–H and O–H groups in total. The van der Waals surface area contributed by atoms with Crippen LogP contribution in [0.25, 0.3) is 0 Å². The average molecular weight is 463 g/mol. The predicted octanol–water partition coefficient (Wildman–Crippen LogP) is 8.13. The van der Waals surface area contributed by atoms with E-state index >= 15 is 0 Å². The molecular weight excluding hydrogens is 426 g/mol. The monoisotopic (exact) mass is 460 g/mol. The molecule has 0 aromatic rings. The standard InChI is InChI=1S/2C11H17.2ClH.Zr/c2*1-3-6-10-8-5-9-11(10)7-4-2;;;/h2*8H,3-7H2,1-2H3;2*1H;/q2*-1;;;+2. The fraction of sp³-hybridized carbons (Fsp3) is 0.636. The van der Waals surface area contributed by atoms with Crippen molar-refractivity contribution in [2.45, 2.75) is 91.9 Å². The molecule has 0 heterocycles. The molecule has 0 aromatic carbocycles. The number of halogens is 2. The Bertz CT molecular complexity index is 363. The van der Waals surface area contributed by atoms with Crippen LogP contribution in [0, 0.1) is 12.2 Å². The molecule has 142 valence electrons. The molecule has 0 unspecified atom stereocenters. The molecule has 2 aliphatic carbocycles. The first-order chi connectivity index (χ1) is 10.8. The summed E-state index contributed by atoms with van der Waals surface area (Å²) in [5.74, 6) is 0. The van der Waals surface area contributed by atoms with Gasteiger partial charge in [0.15, 0.2) is 0 Å². The van der Waals surface area contributed by atoms with E-state index in [4.69, 9.17) is 0 Å². The maximum absolute atomic E-state index is 3.42. The molecule has 25 heavy (non-hydrogen) atoms. The molecule has 0 aliphatic heterocycles. The van der Waals surface area contributed by atoms with Gasteiger partial charge in [0.2, 0.25) is 0 Å². The van der Waals surface area contributed by atoms with Gasteiger partial charge in [0.25, 0.3) is 0 Å². The van der Waals surface area contributed by atoms with Gasteiger partial charge < -0.3 is 0 Å². The first-order valence-electron chi connectivity index (χ1n) is 9.34. The third kappa shape index (κ3) is 11.7. The molecule has 0 saturated heterocycles. The van der Waals surface area contributed by atoms with Crippen LogP contribution in [0.4, 0.5) is 0 Å². The average Bonchev–Trinajstić information content (AvgIpc) is 3.12. The minimum absolute atomic E-state index is 0. The molecule has 0 spiro atoms. The fourth-order valence-electron chi connectivity index (χ4n) is 3.11. The molecule has 0 amide bonds. The summed E-state index contributed by atoms with van der Waals surface area (Å²) in [5, 5.41) is 0. The smallest absolute Gasteiger partial charge is 0.269 e. The molecule has 0 nitrogen and oxygen atoms in total. The Kier molecular flexibility index (Phi) is 23.2.